The van der Waals surface area contributed by atoms with E-state index in [4.69, 9.17) is 19.6 Å². The maximum Gasteiger partial charge on any atom is 0.340 e. The van der Waals surface area contributed by atoms with E-state index in [1.54, 1.807) is 0 Å². The summed E-state index contributed by atoms with van der Waals surface area (Å²) in [4.78, 5) is 36.3. The molecule has 0 radical (unpaired) electrons. The van der Waals surface area contributed by atoms with Crippen LogP contribution >= 0.6 is 15.2 Å². The van der Waals surface area contributed by atoms with Crippen LogP contribution in [0.3, 0.4) is 0 Å². The maximum atomic E-state index is 11.2. The predicted molar refractivity (Wildman–Crippen MR) is 107 cm³/mol. The molecule has 0 rings (SSSR count). The summed E-state index contributed by atoms with van der Waals surface area (Å²) in [6.45, 7) is 8.62. The van der Waals surface area contributed by atoms with Gasteiger partial charge in [-0.15, -0.1) is 0 Å². The highest BCUT2D eigenvalue weighted by atomic mass is 31.2. The molecule has 0 unspecified atom stereocenters. The van der Waals surface area contributed by atoms with Gasteiger partial charge in [-0.05, 0) is 64.7 Å². The minimum absolute atomic E-state index is 0.187. The molecule has 0 aromatic carbocycles. The van der Waals surface area contributed by atoms with Crippen LogP contribution in [0.2, 0.25) is 0 Å². The Kier molecular flexibility index (Phi) is 12.2. The van der Waals surface area contributed by atoms with Gasteiger partial charge in [-0.3, -0.25) is 9.13 Å². The molecule has 0 saturated carbocycles. The molecule has 154 valence electrons. The summed E-state index contributed by atoms with van der Waals surface area (Å²) in [7, 11) is -9.59. The molecule has 0 heterocycles. The minimum atomic E-state index is -4.80. The Labute approximate surface area is 158 Å². The highest BCUT2D eigenvalue weighted by Crippen LogP contribution is 2.61. The third kappa shape index (κ3) is 13.0. The summed E-state index contributed by atoms with van der Waals surface area (Å²) in [5, 5.41) is -1.89. The lowest BCUT2D eigenvalue weighted by Gasteiger charge is -2.18. The predicted octanol–water partition coefficient (Wildman–Crippen LogP) is 5.34. The fourth-order valence-corrected chi connectivity index (χ4v) is 5.33. The second-order valence-corrected chi connectivity index (χ2v) is 11.5. The zero-order valence-corrected chi connectivity index (χ0v) is 18.3. The summed E-state index contributed by atoms with van der Waals surface area (Å²) in [6.07, 6.45) is 10.4. The van der Waals surface area contributed by atoms with Gasteiger partial charge in [0.25, 0.3) is 0 Å². The lowest BCUT2D eigenvalue weighted by molar-refractivity contribution is 0.334. The van der Waals surface area contributed by atoms with Crippen molar-refractivity contribution in [3.63, 3.8) is 0 Å². The van der Waals surface area contributed by atoms with Crippen molar-refractivity contribution in [2.75, 3.05) is 0 Å². The second-order valence-electron chi connectivity index (χ2n) is 7.52. The van der Waals surface area contributed by atoms with Crippen LogP contribution in [0.15, 0.2) is 23.3 Å². The van der Waals surface area contributed by atoms with Crippen molar-refractivity contribution < 1.29 is 28.7 Å². The SMILES string of the molecule is C/C(=C\CCCC(P(=O)(O)O)P(=O)(O)O)CC/C=C(\C)CCCC(C)C. The van der Waals surface area contributed by atoms with Gasteiger partial charge >= 0.3 is 15.2 Å². The smallest absolute Gasteiger partial charge is 0.324 e. The van der Waals surface area contributed by atoms with Gasteiger partial charge in [0.2, 0.25) is 0 Å². The third-order valence-electron chi connectivity index (χ3n) is 4.32. The molecule has 0 fully saturated rings. The maximum absolute atomic E-state index is 11.2. The Morgan fingerprint density at radius 2 is 1.31 bits per heavy atom. The molecule has 6 nitrogen and oxygen atoms in total. The Balaban J connectivity index is 4.22. The number of unbranched alkanes of at least 4 members (excludes halogenated alkanes) is 1. The highest BCUT2D eigenvalue weighted by Gasteiger charge is 2.42. The fourth-order valence-electron chi connectivity index (χ4n) is 2.72. The molecule has 0 aromatic heterocycles. The van der Waals surface area contributed by atoms with Gasteiger partial charge in [0.15, 0.2) is 5.40 Å². The summed E-state index contributed by atoms with van der Waals surface area (Å²) < 4.78 is 22.4. The van der Waals surface area contributed by atoms with Crippen molar-refractivity contribution in [1.82, 2.24) is 0 Å². The van der Waals surface area contributed by atoms with Gasteiger partial charge in [-0.1, -0.05) is 43.6 Å². The van der Waals surface area contributed by atoms with E-state index in [2.05, 4.69) is 26.8 Å². The third-order valence-corrected chi connectivity index (χ3v) is 8.19. The monoisotopic (exact) mass is 410 g/mol. The van der Waals surface area contributed by atoms with Crippen LogP contribution in [0.5, 0.6) is 0 Å². The van der Waals surface area contributed by atoms with E-state index in [1.165, 1.54) is 24.0 Å². The van der Waals surface area contributed by atoms with Crippen molar-refractivity contribution in [2.24, 2.45) is 5.92 Å². The van der Waals surface area contributed by atoms with Crippen molar-refractivity contribution >= 4 is 15.2 Å². The lowest BCUT2D eigenvalue weighted by Crippen LogP contribution is -2.09. The van der Waals surface area contributed by atoms with Crippen LogP contribution < -0.4 is 0 Å². The Morgan fingerprint density at radius 1 is 0.808 bits per heavy atom. The molecule has 0 spiro atoms. The van der Waals surface area contributed by atoms with Crippen molar-refractivity contribution in [3.05, 3.63) is 23.3 Å². The normalized spacial score (nSPS) is 14.5. The molecule has 0 amide bonds. The average molecular weight is 410 g/mol. The van der Waals surface area contributed by atoms with Gasteiger partial charge in [0, 0.05) is 0 Å². The van der Waals surface area contributed by atoms with Gasteiger partial charge < -0.3 is 19.6 Å². The van der Waals surface area contributed by atoms with Crippen LogP contribution in [0.1, 0.15) is 79.1 Å². The first kappa shape index (κ1) is 25.8. The first-order valence-electron chi connectivity index (χ1n) is 9.25. The topological polar surface area (TPSA) is 115 Å². The Bertz CT molecular complexity index is 534. The molecular formula is C18H36O6P2. The summed E-state index contributed by atoms with van der Waals surface area (Å²) in [6, 6.07) is 0. The Hall–Kier alpha value is -0.220. The average Bonchev–Trinajstić information content (AvgIpc) is 2.43. The van der Waals surface area contributed by atoms with Gasteiger partial charge in [0.05, 0.1) is 0 Å². The molecule has 8 heteroatoms. The van der Waals surface area contributed by atoms with Gasteiger partial charge in [0.1, 0.15) is 0 Å². The van der Waals surface area contributed by atoms with Crippen molar-refractivity contribution in [3.8, 4) is 0 Å². The standard InChI is InChI=1S/C18H36O6P2/c1-15(2)9-7-11-17(4)13-8-12-16(3)10-5-6-14-18(25(19,20)21)26(22,23)24/h10,13,15,18H,5-9,11-12,14H2,1-4H3,(H2,19,20,21)(H2,22,23,24)/b16-10+,17-13+. The van der Waals surface area contributed by atoms with Crippen molar-refractivity contribution in [2.45, 2.75) is 84.5 Å². The van der Waals surface area contributed by atoms with E-state index < -0.39 is 20.6 Å². The fraction of sp³-hybridized carbons (Fsp3) is 0.778. The second kappa shape index (κ2) is 12.3. The highest BCUT2D eigenvalue weighted by molar-refractivity contribution is 7.70. The van der Waals surface area contributed by atoms with Crippen LogP contribution in [-0.2, 0) is 9.13 Å². The molecular weight excluding hydrogens is 374 g/mol. The molecule has 0 aromatic rings. The molecule has 0 aliphatic rings. The van der Waals surface area contributed by atoms with E-state index in [0.717, 1.165) is 25.2 Å². The largest absolute Gasteiger partial charge is 0.340 e. The number of rotatable bonds is 13. The lowest BCUT2D eigenvalue weighted by atomic mass is 10.0. The van der Waals surface area contributed by atoms with Crippen LogP contribution in [-0.4, -0.2) is 25.0 Å². The summed E-state index contributed by atoms with van der Waals surface area (Å²) in [5.41, 5.74) is 2.59. The molecule has 4 N–H and O–H groups in total. The molecule has 0 bridgehead atoms. The number of allylic oxidation sites excluding steroid dienone is 4. The minimum Gasteiger partial charge on any atom is -0.324 e. The van der Waals surface area contributed by atoms with Crippen LogP contribution in [0.25, 0.3) is 0 Å². The first-order valence-corrected chi connectivity index (χ1v) is 12.6. The van der Waals surface area contributed by atoms with E-state index in [9.17, 15) is 9.13 Å². The van der Waals surface area contributed by atoms with E-state index in [0.29, 0.717) is 12.8 Å². The number of hydrogen-bond donors (Lipinski definition) is 4. The molecule has 0 atom stereocenters. The quantitative estimate of drug-likeness (QED) is 0.185. The van der Waals surface area contributed by atoms with E-state index >= 15 is 0 Å². The number of hydrogen-bond acceptors (Lipinski definition) is 2. The van der Waals surface area contributed by atoms with Crippen LogP contribution in [0.4, 0.5) is 0 Å². The molecule has 0 aliphatic carbocycles. The van der Waals surface area contributed by atoms with Gasteiger partial charge in [-0.25, -0.2) is 0 Å². The first-order chi connectivity index (χ1) is 11.8. The van der Waals surface area contributed by atoms with Crippen LogP contribution in [0, 0.1) is 5.92 Å². The molecule has 26 heavy (non-hydrogen) atoms. The summed E-state index contributed by atoms with van der Waals surface area (Å²) in [5.74, 6) is 0.740. The van der Waals surface area contributed by atoms with E-state index in [1.807, 2.05) is 13.0 Å². The van der Waals surface area contributed by atoms with Crippen molar-refractivity contribution in [1.29, 1.82) is 0 Å². The molecule has 0 saturated heterocycles. The zero-order valence-electron chi connectivity index (χ0n) is 16.5. The van der Waals surface area contributed by atoms with Gasteiger partial charge in [-0.2, -0.15) is 0 Å². The van der Waals surface area contributed by atoms with E-state index in [-0.39, 0.29) is 6.42 Å². The zero-order chi connectivity index (χ0) is 20.4. The molecule has 0 aliphatic heterocycles. The Morgan fingerprint density at radius 3 is 1.81 bits per heavy atom. The summed E-state index contributed by atoms with van der Waals surface area (Å²) >= 11 is 0.